The topological polar surface area (TPSA) is 53.9 Å². The molecule has 2 aromatic carbocycles. The Balaban J connectivity index is 1.84. The van der Waals surface area contributed by atoms with Gasteiger partial charge in [0.15, 0.2) is 0 Å². The van der Waals surface area contributed by atoms with Crippen molar-refractivity contribution in [3.63, 3.8) is 0 Å². The van der Waals surface area contributed by atoms with Crippen molar-refractivity contribution in [1.82, 2.24) is 5.43 Å². The van der Waals surface area contributed by atoms with Gasteiger partial charge in [0.25, 0.3) is 5.91 Å². The van der Waals surface area contributed by atoms with Crippen LogP contribution >= 0.6 is 0 Å². The molecule has 1 atom stereocenters. The Morgan fingerprint density at radius 1 is 1.29 bits per heavy atom. The van der Waals surface area contributed by atoms with Crippen LogP contribution in [0.1, 0.15) is 60.2 Å². The van der Waals surface area contributed by atoms with Crippen molar-refractivity contribution < 1.29 is 9.53 Å². The number of hydrazone groups is 1. The van der Waals surface area contributed by atoms with Gasteiger partial charge < -0.3 is 9.64 Å². The minimum atomic E-state index is -0.233. The van der Waals surface area contributed by atoms with Gasteiger partial charge in [-0.15, -0.1) is 0 Å². The summed E-state index contributed by atoms with van der Waals surface area (Å²) >= 11 is 0. The number of anilines is 1. The van der Waals surface area contributed by atoms with Gasteiger partial charge in [0.05, 0.1) is 13.3 Å². The van der Waals surface area contributed by atoms with E-state index in [4.69, 9.17) is 4.74 Å². The molecule has 0 bridgehead atoms. The van der Waals surface area contributed by atoms with Crippen molar-refractivity contribution in [3.05, 3.63) is 58.7 Å². The molecule has 1 amide bonds. The van der Waals surface area contributed by atoms with Crippen molar-refractivity contribution in [1.29, 1.82) is 0 Å². The van der Waals surface area contributed by atoms with Gasteiger partial charge in [-0.1, -0.05) is 24.6 Å². The molecular formula is C23H29N3O2. The number of carbonyl (C=O) groups excluding carboxylic acids is 1. The number of methoxy groups -OCH3 is 1. The van der Waals surface area contributed by atoms with Crippen molar-refractivity contribution in [2.75, 3.05) is 19.1 Å². The maximum Gasteiger partial charge on any atom is 0.271 e. The normalized spacial score (nSPS) is 18.1. The number of ether oxygens (including phenoxy) is 1. The second kappa shape index (κ2) is 7.66. The lowest BCUT2D eigenvalue weighted by Crippen LogP contribution is -2.45. The van der Waals surface area contributed by atoms with Crippen LogP contribution < -0.4 is 15.1 Å². The average molecular weight is 380 g/mol. The molecule has 0 fully saturated rings. The summed E-state index contributed by atoms with van der Waals surface area (Å²) in [5, 5.41) is 4.15. The number of rotatable bonds is 4. The van der Waals surface area contributed by atoms with E-state index in [0.717, 1.165) is 23.3 Å². The quantitative estimate of drug-likeness (QED) is 0.629. The van der Waals surface area contributed by atoms with E-state index in [-0.39, 0.29) is 11.4 Å². The van der Waals surface area contributed by atoms with Gasteiger partial charge >= 0.3 is 0 Å². The van der Waals surface area contributed by atoms with E-state index in [1.165, 1.54) is 11.3 Å². The number of hydrogen-bond acceptors (Lipinski definition) is 4. The number of amides is 1. The standard InChI is InChI=1S/C23H29N3O2/c1-15-7-9-17(10-8-15)22(27)25-24-14-18-11-19-16(2)13-23(3,4)26(5)20(19)12-21(18)28-6/h7-12,14,16H,13H2,1-6H3,(H,25,27)/b24-14-. The second-order valence-corrected chi connectivity index (χ2v) is 8.19. The third-order valence-electron chi connectivity index (χ3n) is 5.67. The van der Waals surface area contributed by atoms with E-state index >= 15 is 0 Å². The summed E-state index contributed by atoms with van der Waals surface area (Å²) in [5.41, 5.74) is 7.69. The smallest absolute Gasteiger partial charge is 0.271 e. The zero-order valence-electron chi connectivity index (χ0n) is 17.5. The molecule has 5 nitrogen and oxygen atoms in total. The Kier molecular flexibility index (Phi) is 5.45. The minimum absolute atomic E-state index is 0.0923. The van der Waals surface area contributed by atoms with E-state index in [0.29, 0.717) is 11.5 Å². The average Bonchev–Trinajstić information content (AvgIpc) is 2.66. The van der Waals surface area contributed by atoms with Crippen LogP contribution in [-0.2, 0) is 0 Å². The first-order valence-electron chi connectivity index (χ1n) is 9.59. The molecule has 5 heteroatoms. The zero-order chi connectivity index (χ0) is 20.5. The van der Waals surface area contributed by atoms with Crippen molar-refractivity contribution in [2.24, 2.45) is 5.10 Å². The van der Waals surface area contributed by atoms with Crippen LogP contribution in [0.3, 0.4) is 0 Å². The third-order valence-corrected chi connectivity index (χ3v) is 5.67. The van der Waals surface area contributed by atoms with Crippen molar-refractivity contribution >= 4 is 17.8 Å². The lowest BCUT2D eigenvalue weighted by molar-refractivity contribution is 0.0955. The highest BCUT2D eigenvalue weighted by Crippen LogP contribution is 2.44. The van der Waals surface area contributed by atoms with Gasteiger partial charge in [0.1, 0.15) is 5.75 Å². The van der Waals surface area contributed by atoms with Gasteiger partial charge in [0.2, 0.25) is 0 Å². The summed E-state index contributed by atoms with van der Waals surface area (Å²) < 4.78 is 5.59. The molecule has 3 rings (SSSR count). The van der Waals surface area contributed by atoms with Crippen LogP contribution in [0, 0.1) is 6.92 Å². The number of fused-ring (bicyclic) bond motifs is 1. The predicted molar refractivity (Wildman–Crippen MR) is 115 cm³/mol. The fraction of sp³-hybridized carbons (Fsp3) is 0.391. The first-order valence-corrected chi connectivity index (χ1v) is 9.59. The van der Waals surface area contributed by atoms with E-state index in [1.807, 2.05) is 19.1 Å². The molecule has 0 radical (unpaired) electrons. The Hall–Kier alpha value is -2.82. The highest BCUT2D eigenvalue weighted by molar-refractivity contribution is 5.95. The van der Waals surface area contributed by atoms with E-state index in [2.05, 4.69) is 55.4 Å². The first kappa shape index (κ1) is 19.9. The fourth-order valence-electron chi connectivity index (χ4n) is 3.82. The minimum Gasteiger partial charge on any atom is -0.496 e. The Morgan fingerprint density at radius 3 is 2.61 bits per heavy atom. The maximum atomic E-state index is 12.2. The van der Waals surface area contributed by atoms with E-state index in [9.17, 15) is 4.79 Å². The molecule has 0 aromatic heterocycles. The maximum absolute atomic E-state index is 12.2. The summed E-state index contributed by atoms with van der Waals surface area (Å²) in [6, 6.07) is 11.6. The Morgan fingerprint density at radius 2 is 1.96 bits per heavy atom. The third kappa shape index (κ3) is 3.88. The van der Waals surface area contributed by atoms with Crippen LogP contribution in [0.2, 0.25) is 0 Å². The van der Waals surface area contributed by atoms with Gasteiger partial charge in [-0.05, 0) is 56.9 Å². The summed E-state index contributed by atoms with van der Waals surface area (Å²) in [4.78, 5) is 14.5. The number of carbonyl (C=O) groups is 1. The molecule has 1 aliphatic heterocycles. The van der Waals surface area contributed by atoms with Crippen LogP contribution in [0.25, 0.3) is 0 Å². The number of aryl methyl sites for hydroxylation is 1. The molecular weight excluding hydrogens is 350 g/mol. The molecule has 1 aliphatic rings. The summed E-state index contributed by atoms with van der Waals surface area (Å²) in [6.07, 6.45) is 2.72. The van der Waals surface area contributed by atoms with E-state index < -0.39 is 0 Å². The SMILES string of the molecule is COc1cc2c(cc1/C=N\NC(=O)c1ccc(C)cc1)C(C)CC(C)(C)N2C. The summed E-state index contributed by atoms with van der Waals surface area (Å²) in [6.45, 7) is 8.76. The van der Waals surface area contributed by atoms with Gasteiger partial charge in [-0.3, -0.25) is 4.79 Å². The molecule has 148 valence electrons. The Bertz CT molecular complexity index is 901. The Labute approximate surface area is 167 Å². The monoisotopic (exact) mass is 379 g/mol. The van der Waals surface area contributed by atoms with Crippen molar-refractivity contribution in [2.45, 2.75) is 45.6 Å². The van der Waals surface area contributed by atoms with Crippen LogP contribution in [0.15, 0.2) is 41.5 Å². The predicted octanol–water partition coefficient (Wildman–Crippen LogP) is 4.49. The van der Waals surface area contributed by atoms with Gasteiger partial charge in [-0.2, -0.15) is 5.10 Å². The molecule has 0 saturated heterocycles. The summed E-state index contributed by atoms with van der Waals surface area (Å²) in [7, 11) is 3.78. The van der Waals surface area contributed by atoms with Crippen LogP contribution in [0.4, 0.5) is 5.69 Å². The van der Waals surface area contributed by atoms with Crippen LogP contribution in [-0.4, -0.2) is 31.8 Å². The summed E-state index contributed by atoms with van der Waals surface area (Å²) in [5.74, 6) is 0.938. The van der Waals surface area contributed by atoms with Gasteiger partial charge in [0, 0.05) is 35.5 Å². The highest BCUT2D eigenvalue weighted by Gasteiger charge is 2.34. The van der Waals surface area contributed by atoms with Crippen LogP contribution in [0.5, 0.6) is 5.75 Å². The number of hydrogen-bond donors (Lipinski definition) is 1. The lowest BCUT2D eigenvalue weighted by Gasteiger charge is -2.45. The fourth-order valence-corrected chi connectivity index (χ4v) is 3.82. The zero-order valence-corrected chi connectivity index (χ0v) is 17.5. The number of nitrogens with zero attached hydrogens (tertiary/aromatic N) is 2. The molecule has 2 aromatic rings. The highest BCUT2D eigenvalue weighted by atomic mass is 16.5. The van der Waals surface area contributed by atoms with Crippen molar-refractivity contribution in [3.8, 4) is 5.75 Å². The molecule has 0 saturated carbocycles. The lowest BCUT2D eigenvalue weighted by atomic mass is 9.80. The second-order valence-electron chi connectivity index (χ2n) is 8.19. The molecule has 0 aliphatic carbocycles. The first-order chi connectivity index (χ1) is 13.2. The van der Waals surface area contributed by atoms with E-state index in [1.54, 1.807) is 25.5 Å². The molecule has 1 heterocycles. The molecule has 0 spiro atoms. The molecule has 1 N–H and O–H groups in total. The largest absolute Gasteiger partial charge is 0.496 e. The molecule has 28 heavy (non-hydrogen) atoms. The number of benzene rings is 2. The van der Waals surface area contributed by atoms with Gasteiger partial charge in [-0.25, -0.2) is 5.43 Å². The number of nitrogens with one attached hydrogen (secondary N) is 1. The molecule has 1 unspecified atom stereocenters.